The molecule has 2 rings (SSSR count). The molecular formula is C13H25N5. The van der Waals surface area contributed by atoms with Crippen molar-refractivity contribution in [1.29, 1.82) is 5.41 Å². The summed E-state index contributed by atoms with van der Waals surface area (Å²) < 4.78 is 0. The van der Waals surface area contributed by atoms with E-state index in [4.69, 9.17) is 16.1 Å². The monoisotopic (exact) mass is 251 g/mol. The van der Waals surface area contributed by atoms with Crippen molar-refractivity contribution in [2.75, 3.05) is 13.1 Å². The van der Waals surface area contributed by atoms with E-state index in [1.54, 1.807) is 0 Å². The van der Waals surface area contributed by atoms with Gasteiger partial charge in [-0.1, -0.05) is 25.7 Å². The number of nitrogens with one attached hydrogen (secondary N) is 2. The van der Waals surface area contributed by atoms with E-state index in [1.807, 2.05) is 0 Å². The van der Waals surface area contributed by atoms with Gasteiger partial charge in [-0.3, -0.25) is 10.7 Å². The maximum Gasteiger partial charge on any atom is 0.201 e. The van der Waals surface area contributed by atoms with Gasteiger partial charge in [-0.05, 0) is 25.7 Å². The predicted octanol–water partition coefficient (Wildman–Crippen LogP) is 1.64. The molecule has 0 spiro atoms. The highest BCUT2D eigenvalue weighted by atomic mass is 15.3. The van der Waals surface area contributed by atoms with E-state index in [9.17, 15) is 0 Å². The summed E-state index contributed by atoms with van der Waals surface area (Å²) in [6.45, 7) is 2.07. The molecule has 0 atom stereocenters. The number of likely N-dealkylation sites (tertiary alicyclic amines) is 1. The molecule has 102 valence electrons. The first-order chi connectivity index (χ1) is 8.75. The van der Waals surface area contributed by atoms with E-state index in [0.29, 0.717) is 6.04 Å². The van der Waals surface area contributed by atoms with Crippen molar-refractivity contribution in [2.24, 2.45) is 10.7 Å². The standard InChI is InChI=1S/C13H25N5/c14-12(15)17-13(18-9-5-6-10-18)16-11-7-3-1-2-4-8-11/h11H,1-10H2,(H4,14,15,16,17). The molecule has 4 N–H and O–H groups in total. The van der Waals surface area contributed by atoms with Crippen LogP contribution in [0.5, 0.6) is 0 Å². The minimum Gasteiger partial charge on any atom is -0.370 e. The average Bonchev–Trinajstić information content (AvgIpc) is 2.74. The fourth-order valence-electron chi connectivity index (χ4n) is 2.80. The van der Waals surface area contributed by atoms with E-state index in [1.165, 1.54) is 51.4 Å². The fraction of sp³-hybridized carbons (Fsp3) is 0.846. The van der Waals surface area contributed by atoms with Crippen LogP contribution in [0, 0.1) is 5.41 Å². The number of guanidine groups is 2. The van der Waals surface area contributed by atoms with Crippen LogP contribution in [-0.4, -0.2) is 36.0 Å². The van der Waals surface area contributed by atoms with Gasteiger partial charge in [0, 0.05) is 13.1 Å². The Morgan fingerprint density at radius 3 is 2.22 bits per heavy atom. The van der Waals surface area contributed by atoms with Crippen molar-refractivity contribution < 1.29 is 0 Å². The predicted molar refractivity (Wildman–Crippen MR) is 74.8 cm³/mol. The molecule has 5 heteroatoms. The van der Waals surface area contributed by atoms with Crippen LogP contribution < -0.4 is 11.1 Å². The van der Waals surface area contributed by atoms with Crippen LogP contribution >= 0.6 is 0 Å². The van der Waals surface area contributed by atoms with Crippen LogP contribution in [0.25, 0.3) is 0 Å². The molecular weight excluding hydrogens is 226 g/mol. The molecule has 2 aliphatic rings. The normalized spacial score (nSPS) is 22.9. The lowest BCUT2D eigenvalue weighted by molar-refractivity contribution is 0.488. The molecule has 18 heavy (non-hydrogen) atoms. The van der Waals surface area contributed by atoms with Crippen molar-refractivity contribution in [3.05, 3.63) is 0 Å². The Morgan fingerprint density at radius 2 is 1.67 bits per heavy atom. The summed E-state index contributed by atoms with van der Waals surface area (Å²) in [4.78, 5) is 7.06. The van der Waals surface area contributed by atoms with E-state index < -0.39 is 0 Å². The summed E-state index contributed by atoms with van der Waals surface area (Å²) >= 11 is 0. The maximum absolute atomic E-state index is 7.41. The highest BCUT2D eigenvalue weighted by Crippen LogP contribution is 2.20. The SMILES string of the molecule is N=C(N)N/C(=N/C1CCCCCC1)N1CCCC1. The minimum atomic E-state index is -0.00530. The first kappa shape index (κ1) is 13.2. The molecule has 0 bridgehead atoms. The zero-order valence-corrected chi connectivity index (χ0v) is 11.1. The minimum absolute atomic E-state index is 0.00530. The Bertz CT molecular complexity index is 299. The zero-order valence-electron chi connectivity index (χ0n) is 11.1. The highest BCUT2D eigenvalue weighted by molar-refractivity contribution is 5.96. The van der Waals surface area contributed by atoms with Crippen molar-refractivity contribution >= 4 is 11.9 Å². The molecule has 0 aromatic carbocycles. The van der Waals surface area contributed by atoms with Crippen LogP contribution in [0.15, 0.2) is 4.99 Å². The van der Waals surface area contributed by atoms with Gasteiger partial charge in [0.1, 0.15) is 0 Å². The highest BCUT2D eigenvalue weighted by Gasteiger charge is 2.19. The second kappa shape index (κ2) is 6.61. The van der Waals surface area contributed by atoms with Crippen molar-refractivity contribution in [2.45, 2.75) is 57.4 Å². The zero-order chi connectivity index (χ0) is 12.8. The molecule has 0 radical (unpaired) electrons. The summed E-state index contributed by atoms with van der Waals surface area (Å²) in [6, 6.07) is 0.412. The molecule has 1 heterocycles. The Balaban J connectivity index is 2.02. The lowest BCUT2D eigenvalue weighted by Gasteiger charge is -2.22. The van der Waals surface area contributed by atoms with E-state index >= 15 is 0 Å². The van der Waals surface area contributed by atoms with Crippen LogP contribution in [0.4, 0.5) is 0 Å². The number of aliphatic imine (C=N–C) groups is 1. The van der Waals surface area contributed by atoms with E-state index in [2.05, 4.69) is 10.2 Å². The topological polar surface area (TPSA) is 77.5 Å². The molecule has 1 saturated carbocycles. The summed E-state index contributed by atoms with van der Waals surface area (Å²) in [7, 11) is 0. The van der Waals surface area contributed by atoms with Crippen LogP contribution in [0.2, 0.25) is 0 Å². The number of nitrogens with zero attached hydrogens (tertiary/aromatic N) is 2. The molecule has 0 aromatic rings. The number of nitrogens with two attached hydrogens (primary N) is 1. The van der Waals surface area contributed by atoms with Crippen molar-refractivity contribution in [3.63, 3.8) is 0 Å². The summed E-state index contributed by atoms with van der Waals surface area (Å²) in [5.41, 5.74) is 5.46. The van der Waals surface area contributed by atoms with Gasteiger partial charge in [0.2, 0.25) is 5.96 Å². The Kier molecular flexibility index (Phi) is 4.84. The molecule has 1 aliphatic heterocycles. The third-order valence-corrected chi connectivity index (χ3v) is 3.78. The van der Waals surface area contributed by atoms with Crippen LogP contribution in [-0.2, 0) is 0 Å². The van der Waals surface area contributed by atoms with Gasteiger partial charge in [-0.25, -0.2) is 4.99 Å². The molecule has 0 aromatic heterocycles. The molecule has 1 saturated heterocycles. The van der Waals surface area contributed by atoms with E-state index in [0.717, 1.165) is 19.0 Å². The van der Waals surface area contributed by atoms with Gasteiger partial charge < -0.3 is 10.6 Å². The maximum atomic E-state index is 7.41. The van der Waals surface area contributed by atoms with Gasteiger partial charge in [0.15, 0.2) is 5.96 Å². The smallest absolute Gasteiger partial charge is 0.201 e. The average molecular weight is 251 g/mol. The molecule has 1 aliphatic carbocycles. The van der Waals surface area contributed by atoms with Gasteiger partial charge in [0.05, 0.1) is 6.04 Å². The number of hydrogen-bond acceptors (Lipinski definition) is 2. The first-order valence-corrected chi connectivity index (χ1v) is 7.19. The second-order valence-corrected chi connectivity index (χ2v) is 5.33. The lowest BCUT2D eigenvalue weighted by Crippen LogP contribution is -2.46. The molecule has 0 amide bonds. The summed E-state index contributed by atoms with van der Waals surface area (Å²) in [5, 5.41) is 10.3. The van der Waals surface area contributed by atoms with Crippen molar-refractivity contribution in [1.82, 2.24) is 10.2 Å². The quantitative estimate of drug-likeness (QED) is 0.377. The molecule has 5 nitrogen and oxygen atoms in total. The fourth-order valence-corrected chi connectivity index (χ4v) is 2.80. The van der Waals surface area contributed by atoms with Gasteiger partial charge >= 0.3 is 0 Å². The largest absolute Gasteiger partial charge is 0.370 e. The lowest BCUT2D eigenvalue weighted by atomic mass is 10.1. The molecule has 2 fully saturated rings. The Labute approximate surface area is 109 Å². The summed E-state index contributed by atoms with van der Waals surface area (Å²) in [5.74, 6) is 0.821. The Hall–Kier alpha value is -1.26. The Morgan fingerprint density at radius 1 is 1.06 bits per heavy atom. The second-order valence-electron chi connectivity index (χ2n) is 5.33. The van der Waals surface area contributed by atoms with Crippen LogP contribution in [0.3, 0.4) is 0 Å². The van der Waals surface area contributed by atoms with Gasteiger partial charge in [-0.15, -0.1) is 0 Å². The third-order valence-electron chi connectivity index (χ3n) is 3.78. The first-order valence-electron chi connectivity index (χ1n) is 7.19. The van der Waals surface area contributed by atoms with E-state index in [-0.39, 0.29) is 5.96 Å². The van der Waals surface area contributed by atoms with Gasteiger partial charge in [0.25, 0.3) is 0 Å². The molecule has 0 unspecified atom stereocenters. The van der Waals surface area contributed by atoms with Crippen LogP contribution in [0.1, 0.15) is 51.4 Å². The summed E-state index contributed by atoms with van der Waals surface area (Å²) in [6.07, 6.45) is 10.0. The van der Waals surface area contributed by atoms with Gasteiger partial charge in [-0.2, -0.15) is 0 Å². The number of rotatable bonds is 1. The number of hydrogen-bond donors (Lipinski definition) is 3. The van der Waals surface area contributed by atoms with Crippen molar-refractivity contribution in [3.8, 4) is 0 Å². The third kappa shape index (κ3) is 3.89.